The Balaban J connectivity index is 2.21. The number of aliphatic hydroxyl groups excluding tert-OH is 1. The number of aliphatic hydroxyl groups is 1. The van der Waals surface area contributed by atoms with E-state index < -0.39 is 11.8 Å². The van der Waals surface area contributed by atoms with Crippen LogP contribution in [-0.2, 0) is 19.1 Å². The third kappa shape index (κ3) is 5.23. The molecule has 19 heavy (non-hydrogen) atoms. The third-order valence-electron chi connectivity index (χ3n) is 2.71. The first-order chi connectivity index (χ1) is 9.19. The van der Waals surface area contributed by atoms with Gasteiger partial charge in [0.1, 0.15) is 0 Å². The zero-order chi connectivity index (χ0) is 14.1. The number of nitrogens with zero attached hydrogens (tertiary/aromatic N) is 2. The molecule has 1 aliphatic rings. The topological polar surface area (TPSA) is 99.2 Å². The zero-order valence-electron chi connectivity index (χ0n) is 10.7. The summed E-state index contributed by atoms with van der Waals surface area (Å²) in [5, 5.41) is 10.9. The highest BCUT2D eigenvalue weighted by Gasteiger charge is 2.24. The van der Waals surface area contributed by atoms with Gasteiger partial charge in [-0.2, -0.15) is 0 Å². The summed E-state index contributed by atoms with van der Waals surface area (Å²) < 4.78 is 4.95. The van der Waals surface area contributed by atoms with Crippen molar-refractivity contribution in [1.29, 1.82) is 0 Å². The number of hydrogen-bond donors (Lipinski definition) is 2. The van der Waals surface area contributed by atoms with Gasteiger partial charge < -0.3 is 25.0 Å². The van der Waals surface area contributed by atoms with Crippen molar-refractivity contribution < 1.29 is 24.2 Å². The molecular formula is C11H19N3O5. The standard InChI is InChI=1S/C11H19N3O5/c15-6-8-19-7-1-12-10(17)11(18)14-4-2-13(9-16)3-5-14/h9,15H,1-8H2,(H,12,17). The summed E-state index contributed by atoms with van der Waals surface area (Å²) in [7, 11) is 0. The lowest BCUT2D eigenvalue weighted by Crippen LogP contribution is -2.52. The number of carbonyl (C=O) groups excluding carboxylic acids is 3. The van der Waals surface area contributed by atoms with E-state index in [1.54, 1.807) is 4.90 Å². The molecule has 0 spiro atoms. The van der Waals surface area contributed by atoms with Crippen molar-refractivity contribution in [1.82, 2.24) is 15.1 Å². The second kappa shape index (κ2) is 8.44. The monoisotopic (exact) mass is 273 g/mol. The van der Waals surface area contributed by atoms with Crippen LogP contribution in [0.5, 0.6) is 0 Å². The van der Waals surface area contributed by atoms with Crippen molar-refractivity contribution in [3.63, 3.8) is 0 Å². The molecule has 3 amide bonds. The molecule has 8 heteroatoms. The molecule has 1 aliphatic heterocycles. The first-order valence-electron chi connectivity index (χ1n) is 6.14. The molecule has 2 N–H and O–H groups in total. The van der Waals surface area contributed by atoms with Crippen molar-refractivity contribution in [2.45, 2.75) is 0 Å². The van der Waals surface area contributed by atoms with Crippen LogP contribution in [0, 0.1) is 0 Å². The second-order valence-corrected chi connectivity index (χ2v) is 4.03. The van der Waals surface area contributed by atoms with Crippen molar-refractivity contribution >= 4 is 18.2 Å². The quantitative estimate of drug-likeness (QED) is 0.314. The van der Waals surface area contributed by atoms with Crippen molar-refractivity contribution in [2.24, 2.45) is 0 Å². The van der Waals surface area contributed by atoms with E-state index in [0.29, 0.717) is 26.2 Å². The molecule has 1 saturated heterocycles. The fourth-order valence-electron chi connectivity index (χ4n) is 1.65. The highest BCUT2D eigenvalue weighted by atomic mass is 16.5. The van der Waals surface area contributed by atoms with Crippen LogP contribution < -0.4 is 5.32 Å². The lowest BCUT2D eigenvalue weighted by molar-refractivity contribution is -0.147. The Morgan fingerprint density at radius 3 is 2.47 bits per heavy atom. The number of piperazine rings is 1. The van der Waals surface area contributed by atoms with Gasteiger partial charge in [-0.05, 0) is 0 Å². The molecule has 0 bridgehead atoms. The van der Waals surface area contributed by atoms with Crippen LogP contribution in [-0.4, -0.2) is 85.7 Å². The van der Waals surface area contributed by atoms with Crippen molar-refractivity contribution in [3.05, 3.63) is 0 Å². The number of amides is 3. The summed E-state index contributed by atoms with van der Waals surface area (Å²) in [4.78, 5) is 36.8. The molecule has 8 nitrogen and oxygen atoms in total. The molecule has 1 heterocycles. The van der Waals surface area contributed by atoms with E-state index in [1.807, 2.05) is 0 Å². The maximum Gasteiger partial charge on any atom is 0.312 e. The molecule has 0 aromatic carbocycles. The molecule has 1 rings (SSSR count). The molecule has 0 unspecified atom stereocenters. The predicted molar refractivity (Wildman–Crippen MR) is 65.1 cm³/mol. The fourth-order valence-corrected chi connectivity index (χ4v) is 1.65. The molecule has 0 aromatic heterocycles. The SMILES string of the molecule is O=CN1CCN(C(=O)C(=O)NCCOCCO)CC1. The van der Waals surface area contributed by atoms with Gasteiger partial charge in [0.15, 0.2) is 0 Å². The van der Waals surface area contributed by atoms with E-state index in [4.69, 9.17) is 9.84 Å². The first-order valence-corrected chi connectivity index (χ1v) is 6.14. The number of hydrogen-bond acceptors (Lipinski definition) is 5. The molecular weight excluding hydrogens is 254 g/mol. The largest absolute Gasteiger partial charge is 0.394 e. The van der Waals surface area contributed by atoms with Gasteiger partial charge in [0.05, 0.1) is 19.8 Å². The smallest absolute Gasteiger partial charge is 0.312 e. The van der Waals surface area contributed by atoms with E-state index in [2.05, 4.69) is 5.32 Å². The fraction of sp³-hybridized carbons (Fsp3) is 0.727. The number of carbonyl (C=O) groups is 3. The number of rotatable bonds is 6. The maximum atomic E-state index is 11.7. The summed E-state index contributed by atoms with van der Waals surface area (Å²) in [5.41, 5.74) is 0. The molecule has 0 radical (unpaired) electrons. The lowest BCUT2D eigenvalue weighted by Gasteiger charge is -2.31. The van der Waals surface area contributed by atoms with Gasteiger partial charge in [-0.1, -0.05) is 0 Å². The minimum absolute atomic E-state index is 0.0755. The van der Waals surface area contributed by atoms with Gasteiger partial charge in [-0.25, -0.2) is 0 Å². The van der Waals surface area contributed by atoms with Crippen LogP contribution in [0.1, 0.15) is 0 Å². The molecule has 1 fully saturated rings. The highest BCUT2D eigenvalue weighted by molar-refractivity contribution is 6.35. The van der Waals surface area contributed by atoms with Crippen LogP contribution in [0.3, 0.4) is 0 Å². The third-order valence-corrected chi connectivity index (χ3v) is 2.71. The molecule has 0 atom stereocenters. The van der Waals surface area contributed by atoms with E-state index >= 15 is 0 Å². The van der Waals surface area contributed by atoms with Crippen LogP contribution >= 0.6 is 0 Å². The molecule has 0 aliphatic carbocycles. The Hall–Kier alpha value is -1.67. The average Bonchev–Trinajstić information content (AvgIpc) is 2.46. The zero-order valence-corrected chi connectivity index (χ0v) is 10.7. The van der Waals surface area contributed by atoms with E-state index in [9.17, 15) is 14.4 Å². The first kappa shape index (κ1) is 15.4. The minimum Gasteiger partial charge on any atom is -0.394 e. The molecule has 108 valence electrons. The van der Waals surface area contributed by atoms with Crippen LogP contribution in [0.15, 0.2) is 0 Å². The van der Waals surface area contributed by atoms with Gasteiger partial charge >= 0.3 is 11.8 Å². The number of ether oxygens (including phenoxy) is 1. The summed E-state index contributed by atoms with van der Waals surface area (Å²) in [5.74, 6) is -1.26. The Bertz CT molecular complexity index is 315. The van der Waals surface area contributed by atoms with Crippen LogP contribution in [0.2, 0.25) is 0 Å². The second-order valence-electron chi connectivity index (χ2n) is 4.03. The molecule has 0 aromatic rings. The number of nitrogens with one attached hydrogen (secondary N) is 1. The summed E-state index contributed by atoms with van der Waals surface area (Å²) in [6, 6.07) is 0. The highest BCUT2D eigenvalue weighted by Crippen LogP contribution is 1.99. The Kier molecular flexibility index (Phi) is 6.83. The Morgan fingerprint density at radius 2 is 1.89 bits per heavy atom. The Labute approximate surface area is 111 Å². The summed E-state index contributed by atoms with van der Waals surface area (Å²) in [6.45, 7) is 2.23. The van der Waals surface area contributed by atoms with E-state index in [0.717, 1.165) is 6.41 Å². The molecule has 0 saturated carbocycles. The predicted octanol–water partition coefficient (Wildman–Crippen LogP) is -2.59. The van der Waals surface area contributed by atoms with Crippen LogP contribution in [0.4, 0.5) is 0 Å². The average molecular weight is 273 g/mol. The normalized spacial score (nSPS) is 15.2. The van der Waals surface area contributed by atoms with Crippen molar-refractivity contribution in [3.8, 4) is 0 Å². The van der Waals surface area contributed by atoms with E-state index in [-0.39, 0.29) is 26.4 Å². The van der Waals surface area contributed by atoms with E-state index in [1.165, 1.54) is 4.90 Å². The summed E-state index contributed by atoms with van der Waals surface area (Å²) >= 11 is 0. The van der Waals surface area contributed by atoms with Gasteiger partial charge in [0.2, 0.25) is 6.41 Å². The van der Waals surface area contributed by atoms with Gasteiger partial charge in [0.25, 0.3) is 0 Å². The Morgan fingerprint density at radius 1 is 1.21 bits per heavy atom. The van der Waals surface area contributed by atoms with Gasteiger partial charge in [-0.3, -0.25) is 14.4 Å². The lowest BCUT2D eigenvalue weighted by atomic mass is 10.3. The minimum atomic E-state index is -0.674. The summed E-state index contributed by atoms with van der Waals surface area (Å²) in [6.07, 6.45) is 0.736. The van der Waals surface area contributed by atoms with Gasteiger partial charge in [-0.15, -0.1) is 0 Å². The van der Waals surface area contributed by atoms with Crippen molar-refractivity contribution in [2.75, 3.05) is 52.5 Å². The van der Waals surface area contributed by atoms with Crippen LogP contribution in [0.25, 0.3) is 0 Å². The van der Waals surface area contributed by atoms with Gasteiger partial charge in [0, 0.05) is 32.7 Å². The maximum absolute atomic E-state index is 11.7.